The first-order valence-electron chi connectivity index (χ1n) is 9.89. The number of hydrazine groups is 1. The van der Waals surface area contributed by atoms with Crippen LogP contribution >= 0.6 is 11.3 Å². The van der Waals surface area contributed by atoms with Crippen LogP contribution in [0.4, 0.5) is 4.39 Å². The minimum absolute atomic E-state index is 0.0497. The number of halogens is 1. The largest absolute Gasteiger partial charge is 0.329 e. The summed E-state index contributed by atoms with van der Waals surface area (Å²) in [6.07, 6.45) is 6.51. The number of thiazole rings is 1. The molecule has 0 unspecified atom stereocenters. The van der Waals surface area contributed by atoms with Gasteiger partial charge in [-0.15, -0.1) is 11.3 Å². The fourth-order valence-corrected chi connectivity index (χ4v) is 4.19. The monoisotopic (exact) mass is 461 g/mol. The molecule has 3 heterocycles. The van der Waals surface area contributed by atoms with E-state index in [0.29, 0.717) is 16.5 Å². The molecule has 1 amide bonds. The van der Waals surface area contributed by atoms with Crippen molar-refractivity contribution in [2.45, 2.75) is 6.54 Å². The van der Waals surface area contributed by atoms with E-state index in [2.05, 4.69) is 15.4 Å². The van der Waals surface area contributed by atoms with Crippen LogP contribution in [0.25, 0.3) is 16.5 Å². The van der Waals surface area contributed by atoms with Crippen molar-refractivity contribution in [2.24, 2.45) is 0 Å². The molecule has 5 rings (SSSR count). The second-order valence-corrected chi connectivity index (χ2v) is 8.13. The van der Waals surface area contributed by atoms with Crippen LogP contribution in [0.15, 0.2) is 82.1 Å². The van der Waals surface area contributed by atoms with Gasteiger partial charge in [-0.3, -0.25) is 24.6 Å². The van der Waals surface area contributed by atoms with Gasteiger partial charge < -0.3 is 0 Å². The number of fused-ring (bicyclic) bond motifs is 1. The summed E-state index contributed by atoms with van der Waals surface area (Å²) in [4.78, 5) is 44.0. The van der Waals surface area contributed by atoms with Crippen LogP contribution in [0.1, 0.15) is 20.9 Å². The minimum atomic E-state index is -0.688. The first-order valence-corrected chi connectivity index (χ1v) is 10.8. The number of carbonyl (C=O) groups excluding carboxylic acids is 1. The molecule has 164 valence electrons. The van der Waals surface area contributed by atoms with Gasteiger partial charge in [0.05, 0.1) is 23.0 Å². The lowest BCUT2D eigenvalue weighted by Crippen LogP contribution is -2.37. The fourth-order valence-electron chi connectivity index (χ4n) is 3.56. The van der Waals surface area contributed by atoms with Crippen molar-refractivity contribution >= 4 is 33.7 Å². The molecular formula is C23H16FN5O3S. The molecule has 0 saturated carbocycles. The number of amides is 1. The highest BCUT2D eigenvalue weighted by molar-refractivity contribution is 7.10. The number of nitrogens with one attached hydrogen (secondary N) is 2. The molecule has 8 nitrogen and oxygen atoms in total. The molecule has 0 bridgehead atoms. The minimum Gasteiger partial charge on any atom is -0.298 e. The molecule has 2 aromatic heterocycles. The predicted molar refractivity (Wildman–Crippen MR) is 123 cm³/mol. The zero-order valence-electron chi connectivity index (χ0n) is 17.0. The smallest absolute Gasteiger partial charge is 0.298 e. The van der Waals surface area contributed by atoms with Gasteiger partial charge in [0.2, 0.25) is 0 Å². The first kappa shape index (κ1) is 20.6. The van der Waals surface area contributed by atoms with Gasteiger partial charge in [0.1, 0.15) is 10.8 Å². The van der Waals surface area contributed by atoms with Crippen LogP contribution in [-0.2, 0) is 6.54 Å². The van der Waals surface area contributed by atoms with E-state index in [9.17, 15) is 18.8 Å². The molecular weight excluding hydrogens is 445 g/mol. The Morgan fingerprint density at radius 2 is 2.00 bits per heavy atom. The number of hydrogen-bond acceptors (Lipinski definition) is 6. The van der Waals surface area contributed by atoms with Gasteiger partial charge in [-0.2, -0.15) is 0 Å². The van der Waals surface area contributed by atoms with Gasteiger partial charge >= 0.3 is 5.69 Å². The second kappa shape index (κ2) is 8.32. The molecule has 0 radical (unpaired) electrons. The van der Waals surface area contributed by atoms with Crippen LogP contribution in [0, 0.1) is 5.82 Å². The Labute approximate surface area is 189 Å². The first-order chi connectivity index (χ1) is 16.0. The van der Waals surface area contributed by atoms with Crippen molar-refractivity contribution in [3.8, 4) is 0 Å². The molecule has 0 aliphatic carbocycles. The summed E-state index contributed by atoms with van der Waals surface area (Å²) < 4.78 is 15.9. The number of aromatic amines is 1. The number of aromatic nitrogens is 3. The van der Waals surface area contributed by atoms with Crippen LogP contribution in [0.3, 0.4) is 0 Å². The van der Waals surface area contributed by atoms with Crippen LogP contribution in [-0.4, -0.2) is 25.5 Å². The molecule has 2 aromatic carbocycles. The van der Waals surface area contributed by atoms with Gasteiger partial charge in [-0.1, -0.05) is 18.2 Å². The zero-order valence-corrected chi connectivity index (χ0v) is 17.8. The lowest BCUT2D eigenvalue weighted by Gasteiger charge is -2.22. The topological polar surface area (TPSA) is 100 Å². The Bertz CT molecular complexity index is 1550. The van der Waals surface area contributed by atoms with Gasteiger partial charge in [0.15, 0.2) is 0 Å². The highest BCUT2D eigenvalue weighted by Crippen LogP contribution is 2.21. The average molecular weight is 461 g/mol. The van der Waals surface area contributed by atoms with E-state index in [0.717, 1.165) is 10.6 Å². The maximum Gasteiger partial charge on any atom is 0.329 e. The Kier molecular flexibility index (Phi) is 5.19. The third-order valence-corrected chi connectivity index (χ3v) is 5.99. The number of H-pyrrole nitrogens is 1. The van der Waals surface area contributed by atoms with E-state index in [1.807, 2.05) is 5.38 Å². The molecule has 2 N–H and O–H groups in total. The normalized spacial score (nSPS) is 13.1. The lowest BCUT2D eigenvalue weighted by atomic mass is 10.1. The van der Waals surface area contributed by atoms with Gasteiger partial charge in [-0.25, -0.2) is 19.2 Å². The molecule has 0 saturated heterocycles. The van der Waals surface area contributed by atoms with Crippen molar-refractivity contribution in [1.82, 2.24) is 25.0 Å². The zero-order chi connectivity index (χ0) is 22.9. The molecule has 0 fully saturated rings. The van der Waals surface area contributed by atoms with E-state index >= 15 is 0 Å². The van der Waals surface area contributed by atoms with Gasteiger partial charge in [0.25, 0.3) is 11.5 Å². The number of para-hydroxylation sites is 1. The van der Waals surface area contributed by atoms with E-state index in [4.69, 9.17) is 0 Å². The van der Waals surface area contributed by atoms with Crippen molar-refractivity contribution in [2.75, 3.05) is 0 Å². The quantitative estimate of drug-likeness (QED) is 0.487. The number of nitrogens with zero attached hydrogens (tertiary/aromatic N) is 3. The van der Waals surface area contributed by atoms with E-state index in [-0.39, 0.29) is 12.1 Å². The Morgan fingerprint density at radius 3 is 2.76 bits per heavy atom. The molecule has 4 aromatic rings. The average Bonchev–Trinajstić information content (AvgIpc) is 3.37. The highest BCUT2D eigenvalue weighted by atomic mass is 32.1. The van der Waals surface area contributed by atoms with Gasteiger partial charge in [-0.05, 0) is 35.9 Å². The Balaban J connectivity index is 1.44. The summed E-state index contributed by atoms with van der Waals surface area (Å²) in [5.74, 6) is -1.29. The Morgan fingerprint density at radius 1 is 1.15 bits per heavy atom. The van der Waals surface area contributed by atoms with Crippen molar-refractivity contribution in [3.63, 3.8) is 0 Å². The van der Waals surface area contributed by atoms with Crippen molar-refractivity contribution in [1.29, 1.82) is 0 Å². The van der Waals surface area contributed by atoms with E-state index in [1.54, 1.807) is 42.7 Å². The summed E-state index contributed by atoms with van der Waals surface area (Å²) in [5, 5.41) is 4.17. The summed E-state index contributed by atoms with van der Waals surface area (Å²) in [5.41, 5.74) is 3.39. The van der Waals surface area contributed by atoms with Crippen LogP contribution in [0.5, 0.6) is 0 Å². The maximum atomic E-state index is 14.6. The molecule has 0 spiro atoms. The number of carbonyl (C=O) groups is 1. The highest BCUT2D eigenvalue weighted by Gasteiger charge is 2.20. The Hall–Kier alpha value is -4.31. The molecule has 1 aliphatic rings. The molecule has 33 heavy (non-hydrogen) atoms. The second-order valence-electron chi connectivity index (χ2n) is 7.23. The van der Waals surface area contributed by atoms with Crippen LogP contribution < -0.4 is 16.7 Å². The molecule has 0 atom stereocenters. The number of rotatable bonds is 4. The van der Waals surface area contributed by atoms with E-state index < -0.39 is 23.0 Å². The van der Waals surface area contributed by atoms with Crippen molar-refractivity contribution < 1.29 is 9.18 Å². The molecule has 10 heteroatoms. The summed E-state index contributed by atoms with van der Waals surface area (Å²) in [6, 6.07) is 10.8. The third kappa shape index (κ3) is 3.87. The number of benzene rings is 2. The van der Waals surface area contributed by atoms with Crippen LogP contribution in [0.2, 0.25) is 0 Å². The summed E-state index contributed by atoms with van der Waals surface area (Å²) in [7, 11) is 0. The van der Waals surface area contributed by atoms with Crippen molar-refractivity contribution in [3.05, 3.63) is 115 Å². The SMILES string of the molecule is O=C(c1cc(Cn2c(=O)[nH]c(=O)c3ccccc32)ccc1F)N1C=CC(c2nccs2)=CN1. The number of allylic oxidation sites excluding steroid dienone is 2. The fraction of sp³-hybridized carbons (Fsp3) is 0.0435. The summed E-state index contributed by atoms with van der Waals surface area (Å²) >= 11 is 1.46. The predicted octanol–water partition coefficient (Wildman–Crippen LogP) is 2.85. The standard InChI is InChI=1S/C23H16FN5O3S/c24-18-6-5-14(13-28-19-4-2-1-3-16(19)20(30)27-23(28)32)11-17(18)22(31)29-9-7-15(12-26-29)21-25-8-10-33-21/h1-12,26H,13H2,(H,27,30,32). The molecule has 1 aliphatic heterocycles. The summed E-state index contributed by atoms with van der Waals surface area (Å²) in [6.45, 7) is 0.0497. The number of hydrogen-bond donors (Lipinski definition) is 2. The van der Waals surface area contributed by atoms with Gasteiger partial charge in [0, 0.05) is 29.5 Å². The lowest BCUT2D eigenvalue weighted by molar-refractivity contribution is 0.0775. The third-order valence-electron chi connectivity index (χ3n) is 5.17. The maximum absolute atomic E-state index is 14.6. The van der Waals surface area contributed by atoms with E-state index in [1.165, 1.54) is 45.3 Å².